The van der Waals surface area contributed by atoms with E-state index < -0.39 is 0 Å². The molecular weight excluding hydrogens is 212 g/mol. The number of rotatable bonds is 5. The molecule has 1 saturated heterocycles. The number of aryl methyl sites for hydroxylation is 1. The summed E-state index contributed by atoms with van der Waals surface area (Å²) in [5, 5.41) is 3.49. The van der Waals surface area contributed by atoms with E-state index in [1.54, 1.807) is 0 Å². The van der Waals surface area contributed by atoms with Crippen LogP contribution in [0.3, 0.4) is 0 Å². The minimum Gasteiger partial charge on any atom is -0.337 e. The molecule has 1 fully saturated rings. The van der Waals surface area contributed by atoms with Crippen molar-refractivity contribution in [1.82, 2.24) is 15.3 Å². The van der Waals surface area contributed by atoms with Crippen molar-refractivity contribution in [2.45, 2.75) is 39.2 Å². The minimum absolute atomic E-state index is 0.559. The van der Waals surface area contributed by atoms with E-state index in [1.165, 1.54) is 19.3 Å². The van der Waals surface area contributed by atoms with Gasteiger partial charge in [0.1, 0.15) is 0 Å². The predicted octanol–water partition coefficient (Wildman–Crippen LogP) is 1.75. The zero-order valence-corrected chi connectivity index (χ0v) is 10.8. The van der Waals surface area contributed by atoms with Crippen molar-refractivity contribution in [3.8, 4) is 0 Å². The molecule has 1 aromatic rings. The van der Waals surface area contributed by atoms with Crippen molar-refractivity contribution in [1.29, 1.82) is 0 Å². The van der Waals surface area contributed by atoms with Crippen LogP contribution in [0.4, 0.5) is 5.95 Å². The van der Waals surface area contributed by atoms with Gasteiger partial charge in [0.25, 0.3) is 0 Å². The third kappa shape index (κ3) is 3.16. The first-order valence-electron chi connectivity index (χ1n) is 6.58. The molecular formula is C13H22N4. The van der Waals surface area contributed by atoms with Crippen molar-refractivity contribution in [2.75, 3.05) is 24.5 Å². The summed E-state index contributed by atoms with van der Waals surface area (Å²) in [4.78, 5) is 11.3. The van der Waals surface area contributed by atoms with E-state index in [0.29, 0.717) is 6.04 Å². The molecule has 1 atom stereocenters. The molecule has 17 heavy (non-hydrogen) atoms. The zero-order chi connectivity index (χ0) is 12.1. The van der Waals surface area contributed by atoms with Crippen LogP contribution >= 0.6 is 0 Å². The van der Waals surface area contributed by atoms with Crippen LogP contribution < -0.4 is 10.2 Å². The molecule has 1 N–H and O–H groups in total. The van der Waals surface area contributed by atoms with E-state index in [0.717, 1.165) is 31.3 Å². The molecule has 0 saturated carbocycles. The van der Waals surface area contributed by atoms with E-state index in [9.17, 15) is 0 Å². The van der Waals surface area contributed by atoms with Gasteiger partial charge in [0, 0.05) is 31.0 Å². The Hall–Kier alpha value is -1.16. The van der Waals surface area contributed by atoms with Gasteiger partial charge in [0.15, 0.2) is 0 Å². The fourth-order valence-electron chi connectivity index (χ4n) is 2.33. The molecule has 1 aliphatic heterocycles. The molecule has 1 aliphatic rings. The van der Waals surface area contributed by atoms with Crippen LogP contribution in [0.2, 0.25) is 0 Å². The maximum absolute atomic E-state index is 4.52. The highest BCUT2D eigenvalue weighted by atomic mass is 15.3. The summed E-state index contributed by atoms with van der Waals surface area (Å²) in [6.07, 6.45) is 5.53. The summed E-state index contributed by atoms with van der Waals surface area (Å²) in [7, 11) is 0. The highest BCUT2D eigenvalue weighted by molar-refractivity contribution is 5.33. The van der Waals surface area contributed by atoms with E-state index in [2.05, 4.69) is 27.1 Å². The lowest BCUT2D eigenvalue weighted by Gasteiger charge is -2.25. The van der Waals surface area contributed by atoms with Gasteiger partial charge in [-0.25, -0.2) is 9.97 Å². The van der Waals surface area contributed by atoms with Crippen LogP contribution in [0.1, 0.15) is 31.9 Å². The van der Waals surface area contributed by atoms with Crippen molar-refractivity contribution in [3.63, 3.8) is 0 Å². The van der Waals surface area contributed by atoms with Gasteiger partial charge in [-0.2, -0.15) is 0 Å². The summed E-state index contributed by atoms with van der Waals surface area (Å²) in [5.74, 6) is 0.894. The summed E-state index contributed by atoms with van der Waals surface area (Å²) < 4.78 is 0. The number of nitrogens with zero attached hydrogens (tertiary/aromatic N) is 3. The molecule has 0 bridgehead atoms. The standard InChI is InChI=1S/C13H22N4/c1-3-7-14-10-12-5-4-9-17(12)13-15-8-6-11(2)16-13/h6,8,12,14H,3-5,7,9-10H2,1-2H3. The van der Waals surface area contributed by atoms with Crippen molar-refractivity contribution in [3.05, 3.63) is 18.0 Å². The second kappa shape index (κ2) is 5.96. The minimum atomic E-state index is 0.559. The molecule has 2 heterocycles. The normalized spacial score (nSPS) is 19.9. The molecule has 94 valence electrons. The van der Waals surface area contributed by atoms with E-state index in [1.807, 2.05) is 19.2 Å². The van der Waals surface area contributed by atoms with Gasteiger partial charge in [-0.3, -0.25) is 0 Å². The predicted molar refractivity (Wildman–Crippen MR) is 70.3 cm³/mol. The number of hydrogen-bond donors (Lipinski definition) is 1. The Morgan fingerprint density at radius 2 is 2.41 bits per heavy atom. The average molecular weight is 234 g/mol. The average Bonchev–Trinajstić information content (AvgIpc) is 2.78. The number of anilines is 1. The molecule has 2 rings (SSSR count). The molecule has 0 aliphatic carbocycles. The highest BCUT2D eigenvalue weighted by Gasteiger charge is 2.25. The largest absolute Gasteiger partial charge is 0.337 e. The van der Waals surface area contributed by atoms with Gasteiger partial charge in [-0.1, -0.05) is 6.92 Å². The molecule has 0 spiro atoms. The number of nitrogens with one attached hydrogen (secondary N) is 1. The first-order valence-corrected chi connectivity index (χ1v) is 6.58. The molecule has 0 radical (unpaired) electrons. The van der Waals surface area contributed by atoms with Crippen molar-refractivity contribution >= 4 is 5.95 Å². The quantitative estimate of drug-likeness (QED) is 0.788. The van der Waals surface area contributed by atoms with Crippen LogP contribution in [-0.4, -0.2) is 35.6 Å². The third-order valence-electron chi connectivity index (χ3n) is 3.22. The Bertz CT molecular complexity index is 353. The first kappa shape index (κ1) is 12.3. The monoisotopic (exact) mass is 234 g/mol. The Kier molecular flexibility index (Phi) is 4.31. The van der Waals surface area contributed by atoms with E-state index >= 15 is 0 Å². The number of hydrogen-bond acceptors (Lipinski definition) is 4. The van der Waals surface area contributed by atoms with Crippen LogP contribution in [0.25, 0.3) is 0 Å². The smallest absolute Gasteiger partial charge is 0.225 e. The summed E-state index contributed by atoms with van der Waals surface area (Å²) in [6, 6.07) is 2.51. The first-order chi connectivity index (χ1) is 8.31. The molecule has 1 aromatic heterocycles. The van der Waals surface area contributed by atoms with Gasteiger partial charge in [0.2, 0.25) is 5.95 Å². The van der Waals surface area contributed by atoms with Crippen LogP contribution in [0, 0.1) is 6.92 Å². The fourth-order valence-corrected chi connectivity index (χ4v) is 2.33. The summed E-state index contributed by atoms with van der Waals surface area (Å²) >= 11 is 0. The lowest BCUT2D eigenvalue weighted by molar-refractivity contribution is 0.565. The van der Waals surface area contributed by atoms with Gasteiger partial charge < -0.3 is 10.2 Å². The lowest BCUT2D eigenvalue weighted by atomic mass is 10.2. The molecule has 0 aromatic carbocycles. The van der Waals surface area contributed by atoms with Crippen LogP contribution in [0.15, 0.2) is 12.3 Å². The van der Waals surface area contributed by atoms with Crippen molar-refractivity contribution in [2.24, 2.45) is 0 Å². The Balaban J connectivity index is 1.99. The van der Waals surface area contributed by atoms with Gasteiger partial charge >= 0.3 is 0 Å². The Morgan fingerprint density at radius 1 is 1.53 bits per heavy atom. The van der Waals surface area contributed by atoms with Crippen molar-refractivity contribution < 1.29 is 0 Å². The SMILES string of the molecule is CCCNCC1CCCN1c1nccc(C)n1. The molecule has 1 unspecified atom stereocenters. The lowest BCUT2D eigenvalue weighted by Crippen LogP contribution is -2.39. The molecule has 0 amide bonds. The fraction of sp³-hybridized carbons (Fsp3) is 0.692. The zero-order valence-electron chi connectivity index (χ0n) is 10.8. The van der Waals surface area contributed by atoms with Crippen LogP contribution in [0.5, 0.6) is 0 Å². The highest BCUT2D eigenvalue weighted by Crippen LogP contribution is 2.21. The Labute approximate surface area is 103 Å². The summed E-state index contributed by atoms with van der Waals surface area (Å²) in [6.45, 7) is 7.45. The molecule has 4 heteroatoms. The second-order valence-electron chi connectivity index (χ2n) is 4.69. The van der Waals surface area contributed by atoms with E-state index in [-0.39, 0.29) is 0 Å². The Morgan fingerprint density at radius 3 is 3.18 bits per heavy atom. The second-order valence-corrected chi connectivity index (χ2v) is 4.69. The maximum Gasteiger partial charge on any atom is 0.225 e. The molecule has 4 nitrogen and oxygen atoms in total. The topological polar surface area (TPSA) is 41.0 Å². The van der Waals surface area contributed by atoms with Gasteiger partial charge in [0.05, 0.1) is 0 Å². The van der Waals surface area contributed by atoms with E-state index in [4.69, 9.17) is 0 Å². The van der Waals surface area contributed by atoms with Gasteiger partial charge in [-0.05, 0) is 38.8 Å². The van der Waals surface area contributed by atoms with Gasteiger partial charge in [-0.15, -0.1) is 0 Å². The third-order valence-corrected chi connectivity index (χ3v) is 3.22. The summed E-state index contributed by atoms with van der Waals surface area (Å²) in [5.41, 5.74) is 1.04. The maximum atomic E-state index is 4.52. The number of aromatic nitrogens is 2. The van der Waals surface area contributed by atoms with Crippen LogP contribution in [-0.2, 0) is 0 Å².